The molecule has 0 fully saturated rings. The Morgan fingerprint density at radius 3 is 2.24 bits per heavy atom. The number of fused-ring (bicyclic) bond motifs is 1. The third-order valence-corrected chi connectivity index (χ3v) is 3.61. The van der Waals surface area contributed by atoms with Crippen LogP contribution >= 0.6 is 0 Å². The van der Waals surface area contributed by atoms with Crippen LogP contribution in [0.4, 0.5) is 0 Å². The molecule has 106 valence electrons. The molecular weight excluding hydrogens is 260 g/mol. The predicted octanol–water partition coefficient (Wildman–Crippen LogP) is 5.08. The van der Waals surface area contributed by atoms with Crippen molar-refractivity contribution in [3.63, 3.8) is 0 Å². The second kappa shape index (κ2) is 5.98. The molecule has 0 unspecified atom stereocenters. The fraction of sp³-hybridized carbons (Fsp3) is 0.158. The van der Waals surface area contributed by atoms with Gasteiger partial charge in [0.05, 0.1) is 6.10 Å². The van der Waals surface area contributed by atoms with Crippen molar-refractivity contribution in [2.75, 3.05) is 0 Å². The van der Waals surface area contributed by atoms with Crippen molar-refractivity contribution in [1.29, 1.82) is 0 Å². The summed E-state index contributed by atoms with van der Waals surface area (Å²) in [6, 6.07) is 21.9. The molecule has 0 aliphatic heterocycles. The minimum Gasteiger partial charge on any atom is -0.457 e. The maximum Gasteiger partial charge on any atom is 0.128 e. The van der Waals surface area contributed by atoms with Crippen molar-refractivity contribution in [3.8, 4) is 11.5 Å². The van der Waals surface area contributed by atoms with Crippen LogP contribution < -0.4 is 4.74 Å². The Balaban J connectivity index is 1.81. The van der Waals surface area contributed by atoms with Gasteiger partial charge in [-0.05, 0) is 47.0 Å². The van der Waals surface area contributed by atoms with Crippen LogP contribution in [-0.2, 0) is 0 Å². The summed E-state index contributed by atoms with van der Waals surface area (Å²) in [5.41, 5.74) is 0.920. The lowest BCUT2D eigenvalue weighted by molar-refractivity contribution is 0.173. The zero-order valence-electron chi connectivity index (χ0n) is 12.0. The highest BCUT2D eigenvalue weighted by Gasteiger charge is 2.05. The predicted molar refractivity (Wildman–Crippen MR) is 85.7 cm³/mol. The lowest BCUT2D eigenvalue weighted by Gasteiger charge is -2.10. The highest BCUT2D eigenvalue weighted by Crippen LogP contribution is 2.27. The van der Waals surface area contributed by atoms with E-state index in [1.807, 2.05) is 55.5 Å². The van der Waals surface area contributed by atoms with Gasteiger partial charge in [-0.25, -0.2) is 0 Å². The van der Waals surface area contributed by atoms with Crippen LogP contribution in [0.5, 0.6) is 11.5 Å². The number of hydrogen-bond donors (Lipinski definition) is 1. The first kappa shape index (κ1) is 13.7. The molecule has 3 aromatic carbocycles. The van der Waals surface area contributed by atoms with Crippen LogP contribution in [0.25, 0.3) is 10.8 Å². The van der Waals surface area contributed by atoms with E-state index in [1.165, 1.54) is 5.39 Å². The molecule has 0 aromatic heterocycles. The number of aliphatic hydroxyl groups is 1. The van der Waals surface area contributed by atoms with Gasteiger partial charge in [0.25, 0.3) is 0 Å². The van der Waals surface area contributed by atoms with E-state index in [0.717, 1.165) is 22.4 Å². The third kappa shape index (κ3) is 3.06. The maximum absolute atomic E-state index is 9.79. The number of rotatable bonds is 4. The number of benzene rings is 3. The number of ether oxygens (including phenoxy) is 1. The van der Waals surface area contributed by atoms with Crippen molar-refractivity contribution in [2.45, 2.75) is 19.4 Å². The number of hydrogen-bond acceptors (Lipinski definition) is 2. The molecule has 0 heterocycles. The van der Waals surface area contributed by atoms with Crippen molar-refractivity contribution in [3.05, 3.63) is 72.3 Å². The SMILES string of the molecule is CC[C@H](O)c1ccc(Oc2ccc3ccccc3c2)cc1. The Morgan fingerprint density at radius 1 is 0.857 bits per heavy atom. The van der Waals surface area contributed by atoms with Crippen LogP contribution in [0.2, 0.25) is 0 Å². The molecule has 1 atom stereocenters. The average molecular weight is 278 g/mol. The Kier molecular flexibility index (Phi) is 3.89. The third-order valence-electron chi connectivity index (χ3n) is 3.61. The molecule has 21 heavy (non-hydrogen) atoms. The highest BCUT2D eigenvalue weighted by atomic mass is 16.5. The molecule has 0 aliphatic rings. The van der Waals surface area contributed by atoms with Gasteiger partial charge in [-0.2, -0.15) is 0 Å². The van der Waals surface area contributed by atoms with Crippen molar-refractivity contribution < 1.29 is 9.84 Å². The topological polar surface area (TPSA) is 29.5 Å². The summed E-state index contributed by atoms with van der Waals surface area (Å²) in [6.07, 6.45) is 0.310. The van der Waals surface area contributed by atoms with E-state index >= 15 is 0 Å². The summed E-state index contributed by atoms with van der Waals surface area (Å²) >= 11 is 0. The van der Waals surface area contributed by atoms with Crippen LogP contribution in [0.3, 0.4) is 0 Å². The van der Waals surface area contributed by atoms with Gasteiger partial charge in [-0.1, -0.05) is 49.4 Å². The van der Waals surface area contributed by atoms with Crippen molar-refractivity contribution >= 4 is 10.8 Å². The second-order valence-corrected chi connectivity index (χ2v) is 5.10. The quantitative estimate of drug-likeness (QED) is 0.721. The summed E-state index contributed by atoms with van der Waals surface area (Å²) in [6.45, 7) is 1.96. The Morgan fingerprint density at radius 2 is 1.52 bits per heavy atom. The van der Waals surface area contributed by atoms with Gasteiger partial charge in [0.15, 0.2) is 0 Å². The molecule has 0 bridgehead atoms. The molecule has 1 N–H and O–H groups in total. The summed E-state index contributed by atoms with van der Waals surface area (Å²) in [5.74, 6) is 1.59. The van der Waals surface area contributed by atoms with Crippen molar-refractivity contribution in [1.82, 2.24) is 0 Å². The maximum atomic E-state index is 9.79. The first-order valence-electron chi connectivity index (χ1n) is 7.21. The lowest BCUT2D eigenvalue weighted by atomic mass is 10.1. The van der Waals surface area contributed by atoms with Gasteiger partial charge in [0, 0.05) is 0 Å². The Labute approximate surface area is 124 Å². The lowest BCUT2D eigenvalue weighted by Crippen LogP contribution is -1.94. The van der Waals surface area contributed by atoms with E-state index in [4.69, 9.17) is 4.74 Å². The van der Waals surface area contributed by atoms with Crippen LogP contribution in [0, 0.1) is 0 Å². The average Bonchev–Trinajstić information content (AvgIpc) is 2.55. The summed E-state index contributed by atoms with van der Waals surface area (Å²) in [4.78, 5) is 0. The molecular formula is C19H18O2. The summed E-state index contributed by atoms with van der Waals surface area (Å²) in [7, 11) is 0. The highest BCUT2D eigenvalue weighted by molar-refractivity contribution is 5.83. The van der Waals surface area contributed by atoms with Gasteiger partial charge < -0.3 is 9.84 Å². The van der Waals surface area contributed by atoms with E-state index in [-0.39, 0.29) is 0 Å². The van der Waals surface area contributed by atoms with E-state index < -0.39 is 6.10 Å². The van der Waals surface area contributed by atoms with E-state index in [2.05, 4.69) is 18.2 Å². The van der Waals surface area contributed by atoms with E-state index in [1.54, 1.807) is 0 Å². The van der Waals surface area contributed by atoms with Crippen LogP contribution in [0.15, 0.2) is 66.7 Å². The largest absolute Gasteiger partial charge is 0.457 e. The van der Waals surface area contributed by atoms with Crippen LogP contribution in [0.1, 0.15) is 25.0 Å². The molecule has 3 rings (SSSR count). The molecule has 0 spiro atoms. The number of aliphatic hydroxyl groups excluding tert-OH is 1. The Hall–Kier alpha value is -2.32. The molecule has 3 aromatic rings. The Bertz CT molecular complexity index is 732. The fourth-order valence-corrected chi connectivity index (χ4v) is 2.36. The van der Waals surface area contributed by atoms with E-state index in [0.29, 0.717) is 6.42 Å². The normalized spacial score (nSPS) is 12.3. The van der Waals surface area contributed by atoms with Crippen molar-refractivity contribution in [2.24, 2.45) is 0 Å². The second-order valence-electron chi connectivity index (χ2n) is 5.10. The monoisotopic (exact) mass is 278 g/mol. The molecule has 0 aliphatic carbocycles. The molecule has 2 heteroatoms. The van der Waals surface area contributed by atoms with E-state index in [9.17, 15) is 5.11 Å². The minimum absolute atomic E-state index is 0.403. The molecule has 0 radical (unpaired) electrons. The zero-order chi connectivity index (χ0) is 14.7. The van der Waals surface area contributed by atoms with Gasteiger partial charge in [-0.15, -0.1) is 0 Å². The van der Waals surface area contributed by atoms with Gasteiger partial charge >= 0.3 is 0 Å². The van der Waals surface area contributed by atoms with Crippen LogP contribution in [-0.4, -0.2) is 5.11 Å². The van der Waals surface area contributed by atoms with Gasteiger partial charge in [0.2, 0.25) is 0 Å². The molecule has 0 saturated carbocycles. The smallest absolute Gasteiger partial charge is 0.128 e. The molecule has 0 saturated heterocycles. The zero-order valence-corrected chi connectivity index (χ0v) is 12.0. The van der Waals surface area contributed by atoms with Gasteiger partial charge in [-0.3, -0.25) is 0 Å². The first-order chi connectivity index (χ1) is 10.3. The molecule has 2 nitrogen and oxygen atoms in total. The summed E-state index contributed by atoms with van der Waals surface area (Å²) in [5, 5.41) is 12.1. The fourth-order valence-electron chi connectivity index (χ4n) is 2.36. The van der Waals surface area contributed by atoms with Gasteiger partial charge in [0.1, 0.15) is 11.5 Å². The summed E-state index contributed by atoms with van der Waals surface area (Å²) < 4.78 is 5.87. The molecule has 0 amide bonds. The first-order valence-corrected chi connectivity index (χ1v) is 7.21. The standard InChI is InChI=1S/C19H18O2/c1-2-19(20)15-8-10-17(11-9-15)21-18-12-7-14-5-3-4-6-16(14)13-18/h3-13,19-20H,2H2,1H3/t19-/m0/s1. The minimum atomic E-state index is -0.403.